The van der Waals surface area contributed by atoms with Gasteiger partial charge in [0.15, 0.2) is 5.96 Å². The van der Waals surface area contributed by atoms with E-state index in [4.69, 9.17) is 0 Å². The second-order valence-electron chi connectivity index (χ2n) is 7.07. The standard InChI is InChI=1S/C21H30N4S.HI/c1-16(19-9-12-26-15-19)14-23-21(22-3)24-17(2)18-7-6-8-20(13-18)25-10-4-5-11-25;/h6-9,12-13,15-17H,4-5,10-11,14H2,1-3H3,(H2,22,23,24);1H. The fourth-order valence-corrected chi connectivity index (χ4v) is 4.15. The van der Waals surface area contributed by atoms with E-state index < -0.39 is 0 Å². The molecule has 1 saturated heterocycles. The number of nitrogens with zero attached hydrogens (tertiary/aromatic N) is 2. The van der Waals surface area contributed by atoms with Crippen molar-refractivity contribution in [3.8, 4) is 0 Å². The van der Waals surface area contributed by atoms with Crippen LogP contribution >= 0.6 is 35.3 Å². The van der Waals surface area contributed by atoms with Crippen LogP contribution in [0.2, 0.25) is 0 Å². The molecule has 1 aliphatic heterocycles. The van der Waals surface area contributed by atoms with Crippen LogP contribution in [0.1, 0.15) is 49.8 Å². The Morgan fingerprint density at radius 1 is 1.19 bits per heavy atom. The van der Waals surface area contributed by atoms with Crippen molar-refractivity contribution >= 4 is 47.0 Å². The molecule has 1 fully saturated rings. The summed E-state index contributed by atoms with van der Waals surface area (Å²) in [6, 6.07) is 11.3. The molecule has 2 atom stereocenters. The second-order valence-corrected chi connectivity index (χ2v) is 7.85. The molecule has 1 aromatic carbocycles. The molecule has 0 radical (unpaired) electrons. The zero-order valence-corrected chi connectivity index (χ0v) is 19.6. The molecule has 6 heteroatoms. The number of halogens is 1. The number of benzene rings is 1. The van der Waals surface area contributed by atoms with Crippen molar-refractivity contribution in [2.75, 3.05) is 31.6 Å². The summed E-state index contributed by atoms with van der Waals surface area (Å²) in [5.41, 5.74) is 4.01. The highest BCUT2D eigenvalue weighted by atomic mass is 127. The van der Waals surface area contributed by atoms with E-state index in [2.05, 4.69) is 75.5 Å². The zero-order chi connectivity index (χ0) is 18.4. The van der Waals surface area contributed by atoms with E-state index in [1.165, 1.54) is 42.7 Å². The summed E-state index contributed by atoms with van der Waals surface area (Å²) >= 11 is 1.75. The lowest BCUT2D eigenvalue weighted by molar-refractivity contribution is 0.658. The molecule has 0 spiro atoms. The predicted octanol–water partition coefficient (Wildman–Crippen LogP) is 5.00. The quantitative estimate of drug-likeness (QED) is 0.335. The Hall–Kier alpha value is -1.28. The van der Waals surface area contributed by atoms with Crippen molar-refractivity contribution < 1.29 is 0 Å². The average Bonchev–Trinajstić information content (AvgIpc) is 3.38. The highest BCUT2D eigenvalue weighted by Gasteiger charge is 2.15. The third-order valence-electron chi connectivity index (χ3n) is 5.11. The van der Waals surface area contributed by atoms with Gasteiger partial charge < -0.3 is 15.5 Å². The minimum absolute atomic E-state index is 0. The number of anilines is 1. The molecule has 0 amide bonds. The van der Waals surface area contributed by atoms with Gasteiger partial charge in [0.2, 0.25) is 0 Å². The van der Waals surface area contributed by atoms with Gasteiger partial charge in [-0.15, -0.1) is 24.0 Å². The van der Waals surface area contributed by atoms with Gasteiger partial charge in [0.05, 0.1) is 6.04 Å². The van der Waals surface area contributed by atoms with Gasteiger partial charge in [-0.1, -0.05) is 19.1 Å². The Labute approximate surface area is 184 Å². The van der Waals surface area contributed by atoms with Gasteiger partial charge >= 0.3 is 0 Å². The maximum absolute atomic E-state index is 4.39. The predicted molar refractivity (Wildman–Crippen MR) is 129 cm³/mol. The van der Waals surface area contributed by atoms with Crippen molar-refractivity contribution in [3.05, 3.63) is 52.2 Å². The first-order chi connectivity index (χ1) is 12.7. The first-order valence-corrected chi connectivity index (χ1v) is 10.5. The SMILES string of the molecule is CN=C(NCC(C)c1ccsc1)NC(C)c1cccc(N2CCCC2)c1.I. The fourth-order valence-electron chi connectivity index (χ4n) is 3.37. The number of hydrogen-bond acceptors (Lipinski definition) is 3. The first-order valence-electron chi connectivity index (χ1n) is 9.51. The average molecular weight is 498 g/mol. The number of guanidine groups is 1. The molecule has 148 valence electrons. The summed E-state index contributed by atoms with van der Waals surface area (Å²) in [5, 5.41) is 11.3. The van der Waals surface area contributed by atoms with Crippen LogP contribution in [0.25, 0.3) is 0 Å². The Bertz CT molecular complexity index is 711. The maximum atomic E-state index is 4.39. The molecule has 2 N–H and O–H groups in total. The molecular weight excluding hydrogens is 467 g/mol. The molecule has 2 aromatic rings. The summed E-state index contributed by atoms with van der Waals surface area (Å²) in [4.78, 5) is 6.87. The van der Waals surface area contributed by atoms with E-state index in [1.54, 1.807) is 11.3 Å². The van der Waals surface area contributed by atoms with Crippen LogP contribution in [0.15, 0.2) is 46.1 Å². The molecular formula is C21H31IN4S. The number of rotatable bonds is 6. The third kappa shape index (κ3) is 6.10. The van der Waals surface area contributed by atoms with Gasteiger partial charge in [-0.2, -0.15) is 11.3 Å². The van der Waals surface area contributed by atoms with Gasteiger partial charge in [-0.05, 0) is 65.8 Å². The van der Waals surface area contributed by atoms with Crippen molar-refractivity contribution in [2.45, 2.75) is 38.6 Å². The van der Waals surface area contributed by atoms with E-state index in [-0.39, 0.29) is 30.0 Å². The highest BCUT2D eigenvalue weighted by Crippen LogP contribution is 2.24. The number of thiophene rings is 1. The molecule has 0 saturated carbocycles. The van der Waals surface area contributed by atoms with Gasteiger partial charge in [0.25, 0.3) is 0 Å². The minimum atomic E-state index is 0. The van der Waals surface area contributed by atoms with Gasteiger partial charge in [-0.25, -0.2) is 0 Å². The maximum Gasteiger partial charge on any atom is 0.191 e. The fraction of sp³-hybridized carbons (Fsp3) is 0.476. The Morgan fingerprint density at radius 2 is 1.96 bits per heavy atom. The van der Waals surface area contributed by atoms with E-state index >= 15 is 0 Å². The highest BCUT2D eigenvalue weighted by molar-refractivity contribution is 14.0. The molecule has 4 nitrogen and oxygen atoms in total. The summed E-state index contributed by atoms with van der Waals surface area (Å²) in [5.74, 6) is 1.32. The van der Waals surface area contributed by atoms with Crippen molar-refractivity contribution in [1.82, 2.24) is 10.6 Å². The van der Waals surface area contributed by atoms with Gasteiger partial charge in [-0.3, -0.25) is 4.99 Å². The zero-order valence-electron chi connectivity index (χ0n) is 16.4. The lowest BCUT2D eigenvalue weighted by atomic mass is 10.1. The van der Waals surface area contributed by atoms with E-state index in [0.717, 1.165) is 12.5 Å². The smallest absolute Gasteiger partial charge is 0.191 e. The second kappa shape index (κ2) is 10.9. The number of nitrogens with one attached hydrogen (secondary N) is 2. The normalized spacial score (nSPS) is 16.6. The minimum Gasteiger partial charge on any atom is -0.372 e. The lowest BCUT2D eigenvalue weighted by Crippen LogP contribution is -2.40. The molecule has 0 bridgehead atoms. The molecule has 3 rings (SSSR count). The van der Waals surface area contributed by atoms with Crippen LogP contribution < -0.4 is 15.5 Å². The van der Waals surface area contributed by atoms with Crippen LogP contribution in [0.4, 0.5) is 5.69 Å². The molecule has 1 aliphatic rings. The van der Waals surface area contributed by atoms with Crippen LogP contribution in [-0.4, -0.2) is 32.6 Å². The molecule has 2 unspecified atom stereocenters. The van der Waals surface area contributed by atoms with E-state index in [0.29, 0.717) is 5.92 Å². The molecule has 1 aromatic heterocycles. The number of aliphatic imine (C=N–C) groups is 1. The van der Waals surface area contributed by atoms with Gasteiger partial charge in [0, 0.05) is 32.4 Å². The molecule has 2 heterocycles. The monoisotopic (exact) mass is 498 g/mol. The summed E-state index contributed by atoms with van der Waals surface area (Å²) in [6.45, 7) is 7.66. The van der Waals surface area contributed by atoms with Crippen LogP contribution in [0.3, 0.4) is 0 Å². The number of hydrogen-bond donors (Lipinski definition) is 2. The van der Waals surface area contributed by atoms with E-state index in [9.17, 15) is 0 Å². The molecule has 27 heavy (non-hydrogen) atoms. The Kier molecular flexibility index (Phi) is 8.89. The van der Waals surface area contributed by atoms with Crippen LogP contribution in [-0.2, 0) is 0 Å². The lowest BCUT2D eigenvalue weighted by Gasteiger charge is -2.22. The summed E-state index contributed by atoms with van der Waals surface area (Å²) in [7, 11) is 1.83. The van der Waals surface area contributed by atoms with Crippen LogP contribution in [0.5, 0.6) is 0 Å². The van der Waals surface area contributed by atoms with E-state index in [1.807, 2.05) is 7.05 Å². The summed E-state index contributed by atoms with van der Waals surface area (Å²) in [6.07, 6.45) is 2.60. The van der Waals surface area contributed by atoms with Crippen LogP contribution in [0, 0.1) is 0 Å². The van der Waals surface area contributed by atoms with Crippen molar-refractivity contribution in [2.24, 2.45) is 4.99 Å². The third-order valence-corrected chi connectivity index (χ3v) is 5.81. The largest absolute Gasteiger partial charge is 0.372 e. The molecule has 0 aliphatic carbocycles. The van der Waals surface area contributed by atoms with Crippen molar-refractivity contribution in [3.63, 3.8) is 0 Å². The van der Waals surface area contributed by atoms with Crippen molar-refractivity contribution in [1.29, 1.82) is 0 Å². The Balaban J connectivity index is 0.00000261. The Morgan fingerprint density at radius 3 is 2.63 bits per heavy atom. The topological polar surface area (TPSA) is 39.7 Å². The first kappa shape index (κ1) is 22.0. The van der Waals surface area contributed by atoms with Gasteiger partial charge in [0.1, 0.15) is 0 Å². The summed E-state index contributed by atoms with van der Waals surface area (Å²) < 4.78 is 0.